The van der Waals surface area contributed by atoms with Crippen LogP contribution in [-0.2, 0) is 11.3 Å². The van der Waals surface area contributed by atoms with E-state index in [9.17, 15) is 4.79 Å². The van der Waals surface area contributed by atoms with E-state index in [0.717, 1.165) is 16.8 Å². The predicted molar refractivity (Wildman–Crippen MR) is 87.8 cm³/mol. The molecule has 5 nitrogen and oxygen atoms in total. The summed E-state index contributed by atoms with van der Waals surface area (Å²) in [4.78, 5) is 9.94. The first-order chi connectivity index (χ1) is 10.1. The highest BCUT2D eigenvalue weighted by molar-refractivity contribution is 6.31. The number of hydrazine groups is 1. The Kier molecular flexibility index (Phi) is 7.08. The molecule has 112 valence electrons. The van der Waals surface area contributed by atoms with Crippen LogP contribution in [0.4, 0.5) is 11.4 Å². The molecule has 0 atom stereocenters. The lowest BCUT2D eigenvalue weighted by molar-refractivity contribution is -0.109. The van der Waals surface area contributed by atoms with Crippen LogP contribution in [0.5, 0.6) is 0 Å². The molecule has 2 aromatic rings. The van der Waals surface area contributed by atoms with Gasteiger partial charge in [-0.3, -0.25) is 10.6 Å². The monoisotopic (exact) mass is 306 g/mol. The highest BCUT2D eigenvalue weighted by Gasteiger charge is 1.95. The summed E-state index contributed by atoms with van der Waals surface area (Å²) in [5.74, 6) is 5.19. The van der Waals surface area contributed by atoms with Gasteiger partial charge in [0.1, 0.15) is 0 Å². The number of hydrogen-bond acceptors (Lipinski definition) is 4. The van der Waals surface area contributed by atoms with Gasteiger partial charge in [0.15, 0.2) is 0 Å². The molecule has 0 aliphatic carbocycles. The lowest BCUT2D eigenvalue weighted by Gasteiger charge is -2.03. The number of rotatable bonds is 4. The number of nitrogens with two attached hydrogens (primary N) is 2. The van der Waals surface area contributed by atoms with E-state index in [1.807, 2.05) is 43.3 Å². The quantitative estimate of drug-likeness (QED) is 0.302. The highest BCUT2D eigenvalue weighted by atomic mass is 35.5. The van der Waals surface area contributed by atoms with Gasteiger partial charge in [-0.05, 0) is 36.2 Å². The van der Waals surface area contributed by atoms with Crippen LogP contribution in [0.2, 0.25) is 5.02 Å². The first kappa shape index (κ1) is 16.8. The fourth-order valence-electron chi connectivity index (χ4n) is 1.59. The summed E-state index contributed by atoms with van der Waals surface area (Å²) in [6, 6.07) is 13.1. The number of nitrogen functional groups attached to an aromatic ring is 2. The van der Waals surface area contributed by atoms with Crippen molar-refractivity contribution in [1.29, 1.82) is 0 Å². The van der Waals surface area contributed by atoms with E-state index in [2.05, 4.69) is 10.7 Å². The molecule has 0 unspecified atom stereocenters. The zero-order valence-electron chi connectivity index (χ0n) is 11.8. The summed E-state index contributed by atoms with van der Waals surface area (Å²) in [6.45, 7) is 2.48. The van der Waals surface area contributed by atoms with Crippen LogP contribution < -0.4 is 22.3 Å². The molecule has 21 heavy (non-hydrogen) atoms. The van der Waals surface area contributed by atoms with Crippen LogP contribution in [0.3, 0.4) is 0 Å². The maximum atomic E-state index is 9.94. The highest BCUT2D eigenvalue weighted by Crippen LogP contribution is 2.17. The van der Waals surface area contributed by atoms with Crippen LogP contribution in [0.1, 0.15) is 11.1 Å². The fraction of sp³-hybridized carbons (Fsp3) is 0.133. The molecular weight excluding hydrogens is 288 g/mol. The van der Waals surface area contributed by atoms with Crippen LogP contribution in [0, 0.1) is 6.92 Å². The number of hydrogen-bond donors (Lipinski definition) is 4. The summed E-state index contributed by atoms with van der Waals surface area (Å²) in [5, 5.41) is 3.22. The molecule has 0 saturated carbocycles. The van der Waals surface area contributed by atoms with Crippen molar-refractivity contribution < 1.29 is 4.79 Å². The lowest BCUT2D eigenvalue weighted by atomic mass is 10.2. The third kappa shape index (κ3) is 5.72. The van der Waals surface area contributed by atoms with Gasteiger partial charge in [-0.2, -0.15) is 0 Å². The lowest BCUT2D eigenvalue weighted by Crippen LogP contribution is -2.09. The molecule has 0 aliphatic rings. The Bertz CT molecular complexity index is 590. The average Bonchev–Trinajstić information content (AvgIpc) is 2.49. The number of aryl methyl sites for hydroxylation is 1. The number of carbonyl (C=O) groups is 1. The fourth-order valence-corrected chi connectivity index (χ4v) is 1.79. The van der Waals surface area contributed by atoms with Gasteiger partial charge in [-0.15, -0.1) is 0 Å². The third-order valence-corrected chi connectivity index (χ3v) is 3.07. The second-order valence-corrected chi connectivity index (χ2v) is 4.73. The van der Waals surface area contributed by atoms with Gasteiger partial charge < -0.3 is 16.5 Å². The Morgan fingerprint density at radius 1 is 1.24 bits per heavy atom. The molecule has 0 fully saturated rings. The Morgan fingerprint density at radius 3 is 2.52 bits per heavy atom. The second-order valence-electron chi connectivity index (χ2n) is 4.33. The summed E-state index contributed by atoms with van der Waals surface area (Å²) in [7, 11) is 0. The van der Waals surface area contributed by atoms with Crippen molar-refractivity contribution in [2.45, 2.75) is 13.5 Å². The third-order valence-electron chi connectivity index (χ3n) is 2.70. The first-order valence-corrected chi connectivity index (χ1v) is 6.69. The topological polar surface area (TPSA) is 93.2 Å². The predicted octanol–water partition coefficient (Wildman–Crippen LogP) is 2.45. The van der Waals surface area contributed by atoms with E-state index in [4.69, 9.17) is 23.2 Å². The molecule has 0 heterocycles. The SMILES string of the molecule is Cc1ccc(N)c(NN)c1.O=CNCc1ccccc1Cl. The average molecular weight is 307 g/mol. The standard InChI is InChI=1S/C8H8ClNO.C7H11N3/c9-8-4-2-1-3-7(8)5-10-6-11;1-5-2-3-6(8)7(4-5)10-9/h1-4,6H,5H2,(H,10,11);2-4,10H,8-9H2,1H3. The van der Waals surface area contributed by atoms with Crippen molar-refractivity contribution in [3.05, 3.63) is 58.6 Å². The first-order valence-electron chi connectivity index (χ1n) is 6.31. The Hall–Kier alpha value is -2.24. The minimum Gasteiger partial charge on any atom is -0.397 e. The zero-order chi connectivity index (χ0) is 15.7. The molecule has 6 N–H and O–H groups in total. The van der Waals surface area contributed by atoms with Crippen LogP contribution in [0.25, 0.3) is 0 Å². The van der Waals surface area contributed by atoms with Crippen LogP contribution in [0.15, 0.2) is 42.5 Å². The summed E-state index contributed by atoms with van der Waals surface area (Å²) in [5.41, 5.74) is 11.6. The molecule has 0 spiro atoms. The molecule has 0 radical (unpaired) electrons. The van der Waals surface area contributed by atoms with E-state index >= 15 is 0 Å². The molecule has 2 aromatic carbocycles. The van der Waals surface area contributed by atoms with Gasteiger partial charge >= 0.3 is 0 Å². The van der Waals surface area contributed by atoms with Crippen molar-refractivity contribution in [2.24, 2.45) is 5.84 Å². The van der Waals surface area contributed by atoms with Crippen molar-refractivity contribution in [3.63, 3.8) is 0 Å². The Balaban J connectivity index is 0.000000211. The van der Waals surface area contributed by atoms with Gasteiger partial charge in [0.05, 0.1) is 11.4 Å². The molecule has 2 rings (SSSR count). The van der Waals surface area contributed by atoms with Gasteiger partial charge in [0.25, 0.3) is 0 Å². The molecule has 6 heteroatoms. The summed E-state index contributed by atoms with van der Waals surface area (Å²) >= 11 is 5.80. The largest absolute Gasteiger partial charge is 0.397 e. The summed E-state index contributed by atoms with van der Waals surface area (Å²) in [6.07, 6.45) is 0.656. The van der Waals surface area contributed by atoms with Gasteiger partial charge in [0.2, 0.25) is 6.41 Å². The van der Waals surface area contributed by atoms with Crippen molar-refractivity contribution in [2.75, 3.05) is 11.2 Å². The van der Waals surface area contributed by atoms with Crippen molar-refractivity contribution in [1.82, 2.24) is 5.32 Å². The number of halogens is 1. The van der Waals surface area contributed by atoms with Gasteiger partial charge in [-0.25, -0.2) is 0 Å². The molecule has 0 aromatic heterocycles. The molecule has 1 amide bonds. The van der Waals surface area contributed by atoms with Crippen molar-refractivity contribution >= 4 is 29.4 Å². The number of benzene rings is 2. The number of nitrogens with one attached hydrogen (secondary N) is 2. The zero-order valence-corrected chi connectivity index (χ0v) is 12.5. The number of carbonyl (C=O) groups excluding carboxylic acids is 1. The smallest absolute Gasteiger partial charge is 0.207 e. The Labute approximate surface area is 129 Å². The second kappa shape index (κ2) is 8.84. The normalized spacial score (nSPS) is 9.29. The minimum absolute atomic E-state index is 0.489. The summed E-state index contributed by atoms with van der Waals surface area (Å²) < 4.78 is 0. The van der Waals surface area contributed by atoms with E-state index < -0.39 is 0 Å². The minimum atomic E-state index is 0.489. The number of amides is 1. The molecule has 0 bridgehead atoms. The maximum absolute atomic E-state index is 9.94. The van der Waals surface area contributed by atoms with Crippen LogP contribution >= 0.6 is 11.6 Å². The van der Waals surface area contributed by atoms with Gasteiger partial charge in [-0.1, -0.05) is 35.9 Å². The van der Waals surface area contributed by atoms with Gasteiger partial charge in [0, 0.05) is 11.6 Å². The van der Waals surface area contributed by atoms with E-state index in [1.54, 1.807) is 6.07 Å². The van der Waals surface area contributed by atoms with Crippen molar-refractivity contribution in [3.8, 4) is 0 Å². The number of anilines is 2. The van der Waals surface area contributed by atoms with E-state index in [0.29, 0.717) is 23.7 Å². The molecule has 0 saturated heterocycles. The maximum Gasteiger partial charge on any atom is 0.207 e. The van der Waals surface area contributed by atoms with Crippen LogP contribution in [-0.4, -0.2) is 6.41 Å². The molecule has 0 aliphatic heterocycles. The van der Waals surface area contributed by atoms with E-state index in [1.165, 1.54) is 0 Å². The molecular formula is C15H19ClN4O. The Morgan fingerprint density at radius 2 is 1.95 bits per heavy atom. The van der Waals surface area contributed by atoms with E-state index in [-0.39, 0.29) is 0 Å².